The first-order valence-electron chi connectivity index (χ1n) is 3.95. The zero-order valence-corrected chi connectivity index (χ0v) is 7.34. The second-order valence-corrected chi connectivity index (χ2v) is 2.77. The lowest BCUT2D eigenvalue weighted by Crippen LogP contribution is -2.29. The van der Waals surface area contributed by atoms with Gasteiger partial charge >= 0.3 is 0 Å². The minimum Gasteiger partial charge on any atom is -0.315 e. The number of allylic oxidation sites excluding steroid dienone is 3. The Morgan fingerprint density at radius 2 is 2.00 bits per heavy atom. The van der Waals surface area contributed by atoms with Crippen molar-refractivity contribution in [3.8, 4) is 0 Å². The van der Waals surface area contributed by atoms with Gasteiger partial charge in [-0.3, -0.25) is 4.79 Å². The van der Waals surface area contributed by atoms with Gasteiger partial charge in [-0.05, 0) is 18.1 Å². The van der Waals surface area contributed by atoms with E-state index in [1.54, 1.807) is 24.1 Å². The van der Waals surface area contributed by atoms with E-state index in [4.69, 9.17) is 0 Å². The molecule has 0 saturated carbocycles. The fourth-order valence-electron chi connectivity index (χ4n) is 1.36. The Morgan fingerprint density at radius 1 is 1.33 bits per heavy atom. The maximum absolute atomic E-state index is 11.2. The van der Waals surface area contributed by atoms with Gasteiger partial charge in [0.05, 0.1) is 0 Å². The number of nitrogens with zero attached hydrogens (tertiary/aromatic N) is 1. The van der Waals surface area contributed by atoms with E-state index in [1.165, 1.54) is 0 Å². The molecule has 0 bridgehead atoms. The van der Waals surface area contributed by atoms with Gasteiger partial charge in [0.1, 0.15) is 0 Å². The lowest BCUT2D eigenvalue weighted by Gasteiger charge is -2.25. The quantitative estimate of drug-likeness (QED) is 0.608. The van der Waals surface area contributed by atoms with E-state index in [0.717, 1.165) is 17.7 Å². The molecule has 1 heterocycles. The van der Waals surface area contributed by atoms with Crippen molar-refractivity contribution in [1.82, 2.24) is 4.90 Å². The van der Waals surface area contributed by atoms with Gasteiger partial charge in [0, 0.05) is 19.2 Å². The Kier molecular flexibility index (Phi) is 2.48. The van der Waals surface area contributed by atoms with Crippen LogP contribution < -0.4 is 0 Å². The van der Waals surface area contributed by atoms with Crippen molar-refractivity contribution in [2.45, 2.75) is 12.8 Å². The molecule has 12 heavy (non-hydrogen) atoms. The molecule has 1 rings (SSSR count). The number of hydrogen-bond acceptors (Lipinski definition) is 1. The highest BCUT2D eigenvalue weighted by Gasteiger charge is 2.19. The number of likely N-dealkylation sites (N-methyl/N-ethyl adjacent to an activating group) is 1. The third-order valence-corrected chi connectivity index (χ3v) is 2.11. The summed E-state index contributed by atoms with van der Waals surface area (Å²) in [5.41, 5.74) is 1.99. The number of amides is 1. The predicted octanol–water partition coefficient (Wildman–Crippen LogP) is 1.86. The van der Waals surface area contributed by atoms with Gasteiger partial charge in [-0.15, -0.1) is 0 Å². The third-order valence-electron chi connectivity index (χ3n) is 2.11. The summed E-state index contributed by atoms with van der Waals surface area (Å²) in [7, 11) is 1.77. The van der Waals surface area contributed by atoms with Crippen LogP contribution >= 0.6 is 0 Å². The largest absolute Gasteiger partial charge is 0.315 e. The van der Waals surface area contributed by atoms with Crippen LogP contribution in [0.3, 0.4) is 0 Å². The average Bonchev–Trinajstić information content (AvgIpc) is 2.09. The molecule has 0 spiro atoms. The maximum atomic E-state index is 11.2. The molecule has 0 aliphatic carbocycles. The van der Waals surface area contributed by atoms with Gasteiger partial charge in [0.25, 0.3) is 0 Å². The Balaban J connectivity index is 3.07. The Hall–Kier alpha value is -1.31. The van der Waals surface area contributed by atoms with Crippen LogP contribution in [0.5, 0.6) is 0 Å². The van der Waals surface area contributed by atoms with Crippen LogP contribution in [0, 0.1) is 0 Å². The van der Waals surface area contributed by atoms with Gasteiger partial charge in [-0.2, -0.15) is 0 Å². The monoisotopic (exact) mass is 163 g/mol. The zero-order chi connectivity index (χ0) is 9.14. The predicted molar refractivity (Wildman–Crippen MR) is 49.4 cm³/mol. The Labute approximate surface area is 72.9 Å². The molecule has 0 saturated heterocycles. The van der Waals surface area contributed by atoms with Crippen LogP contribution in [0.1, 0.15) is 12.8 Å². The van der Waals surface area contributed by atoms with Crippen LogP contribution in [-0.2, 0) is 4.79 Å². The molecule has 64 valence electrons. The van der Waals surface area contributed by atoms with E-state index in [9.17, 15) is 4.79 Å². The molecule has 0 aromatic carbocycles. The lowest BCUT2D eigenvalue weighted by atomic mass is 10.0. The Bertz CT molecular complexity index is 263. The summed E-state index contributed by atoms with van der Waals surface area (Å²) in [5, 5.41) is 0. The van der Waals surface area contributed by atoms with Crippen LogP contribution in [0.15, 0.2) is 36.6 Å². The minimum absolute atomic E-state index is 0.149. The molecule has 0 atom stereocenters. The summed E-state index contributed by atoms with van der Waals surface area (Å²) >= 11 is 0. The number of carbonyl (C=O) groups excluding carboxylic acids is 1. The van der Waals surface area contributed by atoms with Gasteiger partial charge in [-0.25, -0.2) is 0 Å². The first-order valence-corrected chi connectivity index (χ1v) is 3.95. The summed E-state index contributed by atoms with van der Waals surface area (Å²) in [6.07, 6.45) is 4.86. The molecular weight excluding hydrogens is 150 g/mol. The van der Waals surface area contributed by atoms with Crippen LogP contribution in [0.2, 0.25) is 0 Å². The van der Waals surface area contributed by atoms with Crippen molar-refractivity contribution in [1.29, 1.82) is 0 Å². The van der Waals surface area contributed by atoms with Crippen molar-refractivity contribution in [3.05, 3.63) is 36.6 Å². The molecule has 0 fully saturated rings. The molecule has 0 radical (unpaired) electrons. The molecule has 1 aliphatic rings. The normalized spacial score (nSPS) is 18.1. The van der Waals surface area contributed by atoms with Crippen LogP contribution in [0.25, 0.3) is 0 Å². The van der Waals surface area contributed by atoms with Crippen molar-refractivity contribution < 1.29 is 4.79 Å². The van der Waals surface area contributed by atoms with Crippen molar-refractivity contribution in [2.24, 2.45) is 0 Å². The van der Waals surface area contributed by atoms with Gasteiger partial charge in [-0.1, -0.05) is 19.2 Å². The zero-order valence-electron chi connectivity index (χ0n) is 7.34. The summed E-state index contributed by atoms with van der Waals surface area (Å²) in [6, 6.07) is 0. The third kappa shape index (κ3) is 1.33. The first kappa shape index (κ1) is 8.78. The standard InChI is InChI=1S/C10H13NO/c1-4-8-6-7-10(12)11(3)9(8)5-2/h4-5H,1-2,6-7H2,3H3. The lowest BCUT2D eigenvalue weighted by molar-refractivity contribution is -0.128. The smallest absolute Gasteiger partial charge is 0.227 e. The molecule has 0 unspecified atom stereocenters. The topological polar surface area (TPSA) is 20.3 Å². The summed E-state index contributed by atoms with van der Waals surface area (Å²) < 4.78 is 0. The highest BCUT2D eigenvalue weighted by Crippen LogP contribution is 2.22. The number of carbonyl (C=O) groups is 1. The average molecular weight is 163 g/mol. The van der Waals surface area contributed by atoms with E-state index < -0.39 is 0 Å². The molecule has 0 N–H and O–H groups in total. The van der Waals surface area contributed by atoms with Crippen LogP contribution in [0.4, 0.5) is 0 Å². The molecule has 2 heteroatoms. The molecule has 0 aromatic rings. The van der Waals surface area contributed by atoms with Gasteiger partial charge < -0.3 is 4.90 Å². The summed E-state index contributed by atoms with van der Waals surface area (Å²) in [5.74, 6) is 0.149. The van der Waals surface area contributed by atoms with Crippen LogP contribution in [-0.4, -0.2) is 17.9 Å². The fourth-order valence-corrected chi connectivity index (χ4v) is 1.36. The van der Waals surface area contributed by atoms with Gasteiger partial charge in [0.2, 0.25) is 5.91 Å². The van der Waals surface area contributed by atoms with Crippen molar-refractivity contribution >= 4 is 5.91 Å². The number of hydrogen-bond donors (Lipinski definition) is 0. The highest BCUT2D eigenvalue weighted by atomic mass is 16.2. The fraction of sp³-hybridized carbons (Fsp3) is 0.300. The van der Waals surface area contributed by atoms with Gasteiger partial charge in [0.15, 0.2) is 0 Å². The van der Waals surface area contributed by atoms with E-state index in [0.29, 0.717) is 6.42 Å². The van der Waals surface area contributed by atoms with E-state index in [2.05, 4.69) is 13.2 Å². The summed E-state index contributed by atoms with van der Waals surface area (Å²) in [4.78, 5) is 12.9. The second kappa shape index (κ2) is 3.39. The molecule has 1 amide bonds. The van der Waals surface area contributed by atoms with E-state index in [-0.39, 0.29) is 5.91 Å². The Morgan fingerprint density at radius 3 is 2.50 bits per heavy atom. The number of rotatable bonds is 2. The molecule has 2 nitrogen and oxygen atoms in total. The SMILES string of the molecule is C=CC1=C(C=C)N(C)C(=O)CC1. The van der Waals surface area contributed by atoms with E-state index >= 15 is 0 Å². The van der Waals surface area contributed by atoms with Crippen molar-refractivity contribution in [2.75, 3.05) is 7.05 Å². The maximum Gasteiger partial charge on any atom is 0.227 e. The highest BCUT2D eigenvalue weighted by molar-refractivity contribution is 5.80. The summed E-state index contributed by atoms with van der Waals surface area (Å²) in [6.45, 7) is 7.37. The molecule has 1 aliphatic heterocycles. The second-order valence-electron chi connectivity index (χ2n) is 2.77. The van der Waals surface area contributed by atoms with Crippen molar-refractivity contribution in [3.63, 3.8) is 0 Å². The minimum atomic E-state index is 0.149. The molecular formula is C10H13NO. The first-order chi connectivity index (χ1) is 5.70. The molecule has 0 aromatic heterocycles. The van der Waals surface area contributed by atoms with E-state index in [1.807, 2.05) is 0 Å².